The zero-order valence-electron chi connectivity index (χ0n) is 9.24. The maximum absolute atomic E-state index is 8.53. The molecule has 0 unspecified atom stereocenters. The summed E-state index contributed by atoms with van der Waals surface area (Å²) in [6.07, 6.45) is 1.80. The molecule has 0 amide bonds. The van der Waals surface area contributed by atoms with Crippen molar-refractivity contribution in [3.63, 3.8) is 0 Å². The van der Waals surface area contributed by atoms with Gasteiger partial charge in [0.15, 0.2) is 0 Å². The van der Waals surface area contributed by atoms with Gasteiger partial charge in [-0.25, -0.2) is 4.98 Å². The van der Waals surface area contributed by atoms with E-state index in [1.165, 1.54) is 0 Å². The zero-order valence-corrected chi connectivity index (χ0v) is 10.00. The van der Waals surface area contributed by atoms with E-state index in [1.54, 1.807) is 12.3 Å². The van der Waals surface area contributed by atoms with Crippen LogP contribution in [0.15, 0.2) is 18.3 Å². The molecule has 0 aliphatic heterocycles. The third-order valence-corrected chi connectivity index (χ3v) is 2.58. The van der Waals surface area contributed by atoms with E-state index in [9.17, 15) is 0 Å². The lowest BCUT2D eigenvalue weighted by molar-refractivity contribution is 0.0992. The second-order valence-electron chi connectivity index (χ2n) is 3.49. The molecule has 6 heteroatoms. The van der Waals surface area contributed by atoms with Gasteiger partial charge in [0.25, 0.3) is 0 Å². The molecule has 2 rings (SSSR count). The molecule has 17 heavy (non-hydrogen) atoms. The number of aliphatic hydroxyl groups excluding tert-OH is 1. The Kier molecular flexibility index (Phi) is 4.19. The summed E-state index contributed by atoms with van der Waals surface area (Å²) in [4.78, 5) is 7.37. The first kappa shape index (κ1) is 12.2. The molecule has 0 radical (unpaired) electrons. The lowest BCUT2D eigenvalue weighted by atomic mass is 10.3. The molecule has 0 fully saturated rings. The molecule has 0 aliphatic carbocycles. The number of nitrogens with one attached hydrogen (secondary N) is 2. The van der Waals surface area contributed by atoms with Gasteiger partial charge in [-0.15, -0.1) is 0 Å². The van der Waals surface area contributed by atoms with Crippen molar-refractivity contribution in [3.05, 3.63) is 23.4 Å². The molecular formula is C11H14ClN3O2. The molecule has 0 bridgehead atoms. The van der Waals surface area contributed by atoms with E-state index in [-0.39, 0.29) is 6.61 Å². The van der Waals surface area contributed by atoms with Crippen molar-refractivity contribution >= 4 is 28.5 Å². The van der Waals surface area contributed by atoms with Crippen LogP contribution in [0.3, 0.4) is 0 Å². The summed E-state index contributed by atoms with van der Waals surface area (Å²) < 4.78 is 5.13. The molecule has 2 aromatic heterocycles. The number of fused-ring (bicyclic) bond motifs is 1. The number of hydrogen-bond acceptors (Lipinski definition) is 4. The molecule has 0 spiro atoms. The summed E-state index contributed by atoms with van der Waals surface area (Å²) in [5.74, 6) is 0.706. The monoisotopic (exact) mass is 255 g/mol. The van der Waals surface area contributed by atoms with E-state index in [2.05, 4.69) is 15.3 Å². The third kappa shape index (κ3) is 3.09. The second-order valence-corrected chi connectivity index (χ2v) is 3.90. The predicted octanol–water partition coefficient (Wildman–Crippen LogP) is 1.64. The minimum atomic E-state index is 0.0402. The van der Waals surface area contributed by atoms with Gasteiger partial charge in [-0.2, -0.15) is 0 Å². The summed E-state index contributed by atoms with van der Waals surface area (Å²) in [5.41, 5.74) is 0.760. The number of ether oxygens (including phenoxy) is 1. The summed E-state index contributed by atoms with van der Waals surface area (Å²) in [5, 5.41) is 13.2. The van der Waals surface area contributed by atoms with Gasteiger partial charge in [-0.3, -0.25) is 0 Å². The van der Waals surface area contributed by atoms with Crippen molar-refractivity contribution < 1.29 is 9.84 Å². The summed E-state index contributed by atoms with van der Waals surface area (Å²) >= 11 is 6.10. The lowest BCUT2D eigenvalue weighted by Gasteiger charge is -2.06. The smallest absolute Gasteiger partial charge is 0.141 e. The molecule has 92 valence electrons. The fraction of sp³-hybridized carbons (Fsp3) is 0.364. The number of aliphatic hydroxyl groups is 1. The van der Waals surface area contributed by atoms with Crippen LogP contribution in [0.1, 0.15) is 0 Å². The first-order valence-electron chi connectivity index (χ1n) is 5.37. The topological polar surface area (TPSA) is 70.2 Å². The fourth-order valence-corrected chi connectivity index (χ4v) is 1.76. The highest BCUT2D eigenvalue weighted by atomic mass is 35.5. The molecule has 0 aromatic carbocycles. The van der Waals surface area contributed by atoms with Crippen molar-refractivity contribution in [1.29, 1.82) is 0 Å². The molecular weight excluding hydrogens is 242 g/mol. The molecule has 0 atom stereocenters. The molecule has 5 nitrogen and oxygen atoms in total. The van der Waals surface area contributed by atoms with E-state index < -0.39 is 0 Å². The van der Waals surface area contributed by atoms with Gasteiger partial charge in [0, 0.05) is 18.1 Å². The van der Waals surface area contributed by atoms with Gasteiger partial charge in [-0.05, 0) is 12.1 Å². The molecule has 3 N–H and O–H groups in total. The number of H-pyrrole nitrogens is 1. The van der Waals surface area contributed by atoms with Crippen molar-refractivity contribution in [2.75, 3.05) is 31.7 Å². The van der Waals surface area contributed by atoms with Crippen LogP contribution in [0.4, 0.5) is 5.82 Å². The lowest BCUT2D eigenvalue weighted by Crippen LogP contribution is -2.12. The standard InChI is InChI=1S/C11H14ClN3O2/c12-9-7-10(13-3-5-17-6-4-16)15-11-8(9)1-2-14-11/h1-2,7,16H,3-6H2,(H2,13,14,15). The first-order valence-corrected chi connectivity index (χ1v) is 5.75. The van der Waals surface area contributed by atoms with E-state index in [4.69, 9.17) is 21.4 Å². The van der Waals surface area contributed by atoms with Crippen molar-refractivity contribution in [2.24, 2.45) is 0 Å². The highest BCUT2D eigenvalue weighted by Gasteiger charge is 2.04. The Labute approximate surface area is 104 Å². The number of aromatic nitrogens is 2. The minimum absolute atomic E-state index is 0.0402. The SMILES string of the molecule is OCCOCCNc1cc(Cl)c2cc[nH]c2n1. The van der Waals surface area contributed by atoms with E-state index in [1.807, 2.05) is 6.07 Å². The van der Waals surface area contributed by atoms with Gasteiger partial charge in [-0.1, -0.05) is 11.6 Å². The number of pyridine rings is 1. The first-order chi connectivity index (χ1) is 8.31. The number of nitrogens with zero attached hydrogens (tertiary/aromatic N) is 1. The van der Waals surface area contributed by atoms with Crippen LogP contribution in [0.5, 0.6) is 0 Å². The number of halogens is 1. The molecule has 0 saturated carbocycles. The molecule has 2 aromatic rings. The van der Waals surface area contributed by atoms with Crippen LogP contribution in [0.25, 0.3) is 11.0 Å². The van der Waals surface area contributed by atoms with Gasteiger partial charge < -0.3 is 20.1 Å². The van der Waals surface area contributed by atoms with Crippen molar-refractivity contribution in [1.82, 2.24) is 9.97 Å². The average molecular weight is 256 g/mol. The van der Waals surface area contributed by atoms with Crippen LogP contribution in [0, 0.1) is 0 Å². The quantitative estimate of drug-likeness (QED) is 0.687. The van der Waals surface area contributed by atoms with Gasteiger partial charge in [0.05, 0.1) is 24.8 Å². The average Bonchev–Trinajstić information content (AvgIpc) is 2.77. The van der Waals surface area contributed by atoms with Crippen LogP contribution < -0.4 is 5.32 Å². The largest absolute Gasteiger partial charge is 0.394 e. The maximum Gasteiger partial charge on any atom is 0.141 e. The van der Waals surface area contributed by atoms with Crippen LogP contribution in [-0.4, -0.2) is 41.4 Å². The maximum atomic E-state index is 8.53. The van der Waals surface area contributed by atoms with Crippen LogP contribution in [0.2, 0.25) is 5.02 Å². The Morgan fingerprint density at radius 2 is 2.35 bits per heavy atom. The van der Waals surface area contributed by atoms with Gasteiger partial charge in [0.2, 0.25) is 0 Å². The Balaban J connectivity index is 1.94. The fourth-order valence-electron chi connectivity index (χ4n) is 1.50. The van der Waals surface area contributed by atoms with Crippen LogP contribution in [-0.2, 0) is 4.74 Å². The molecule has 0 aliphatic rings. The normalized spacial score (nSPS) is 10.9. The zero-order chi connectivity index (χ0) is 12.1. The van der Waals surface area contributed by atoms with Crippen LogP contribution >= 0.6 is 11.6 Å². The Hall–Kier alpha value is -1.30. The third-order valence-electron chi connectivity index (χ3n) is 2.27. The molecule has 2 heterocycles. The summed E-state index contributed by atoms with van der Waals surface area (Å²) in [7, 11) is 0. The number of rotatable bonds is 6. The van der Waals surface area contributed by atoms with E-state index >= 15 is 0 Å². The molecule has 0 saturated heterocycles. The number of aromatic amines is 1. The second kappa shape index (κ2) is 5.86. The Bertz CT molecular complexity index is 487. The highest BCUT2D eigenvalue weighted by molar-refractivity contribution is 6.35. The Morgan fingerprint density at radius 1 is 1.47 bits per heavy atom. The number of anilines is 1. The van der Waals surface area contributed by atoms with Gasteiger partial charge in [0.1, 0.15) is 11.5 Å². The van der Waals surface area contributed by atoms with Crippen molar-refractivity contribution in [2.45, 2.75) is 0 Å². The summed E-state index contributed by atoms with van der Waals surface area (Å²) in [6.45, 7) is 1.53. The Morgan fingerprint density at radius 3 is 3.18 bits per heavy atom. The predicted molar refractivity (Wildman–Crippen MR) is 67.5 cm³/mol. The van der Waals surface area contributed by atoms with Gasteiger partial charge >= 0.3 is 0 Å². The number of hydrogen-bond donors (Lipinski definition) is 3. The van der Waals surface area contributed by atoms with E-state index in [0.717, 1.165) is 11.0 Å². The summed E-state index contributed by atoms with van der Waals surface area (Å²) in [6, 6.07) is 3.67. The minimum Gasteiger partial charge on any atom is -0.394 e. The highest BCUT2D eigenvalue weighted by Crippen LogP contribution is 2.23. The van der Waals surface area contributed by atoms with E-state index in [0.29, 0.717) is 30.6 Å². The van der Waals surface area contributed by atoms with Crippen molar-refractivity contribution in [3.8, 4) is 0 Å².